The molecule has 0 aliphatic rings. The monoisotopic (exact) mass is 249 g/mol. The number of nitrogens with zero attached hydrogens (tertiary/aromatic N) is 1. The van der Waals surface area contributed by atoms with Crippen molar-refractivity contribution in [2.75, 3.05) is 7.05 Å². The molecule has 1 unspecified atom stereocenters. The van der Waals surface area contributed by atoms with Crippen molar-refractivity contribution in [1.29, 1.82) is 0 Å². The molecule has 0 heterocycles. The molecule has 0 saturated heterocycles. The van der Waals surface area contributed by atoms with Gasteiger partial charge in [0.05, 0.1) is 0 Å². The van der Waals surface area contributed by atoms with Gasteiger partial charge < -0.3 is 10.0 Å². The van der Waals surface area contributed by atoms with Crippen LogP contribution >= 0.6 is 0 Å². The summed E-state index contributed by atoms with van der Waals surface area (Å²) in [5.74, 6) is -0.255. The van der Waals surface area contributed by atoms with Gasteiger partial charge in [-0.15, -0.1) is 0 Å². The molecule has 1 atom stereocenters. The molecule has 0 bridgehead atoms. The molecule has 0 aromatic heterocycles. The molecule has 1 aromatic carbocycles. The molecule has 0 saturated carbocycles. The number of aliphatic hydroxyl groups excluding tert-OH is 1. The molecule has 1 rings (SSSR count). The summed E-state index contributed by atoms with van der Waals surface area (Å²) in [5.41, 5.74) is 2.48. The maximum atomic E-state index is 11.5. The van der Waals surface area contributed by atoms with Crippen molar-refractivity contribution in [1.82, 2.24) is 4.90 Å². The zero-order valence-corrected chi connectivity index (χ0v) is 11.9. The van der Waals surface area contributed by atoms with E-state index in [1.165, 1.54) is 17.4 Å². The van der Waals surface area contributed by atoms with E-state index in [2.05, 4.69) is 32.9 Å². The highest BCUT2D eigenvalue weighted by Crippen LogP contribution is 2.22. The van der Waals surface area contributed by atoms with E-state index in [1.807, 2.05) is 12.1 Å². The Morgan fingerprint density at radius 1 is 1.28 bits per heavy atom. The highest BCUT2D eigenvalue weighted by molar-refractivity contribution is 5.79. The molecule has 0 aliphatic carbocycles. The Balaban J connectivity index is 2.73. The highest BCUT2D eigenvalue weighted by atomic mass is 16.3. The van der Waals surface area contributed by atoms with Gasteiger partial charge in [-0.1, -0.05) is 45.0 Å². The molecule has 0 spiro atoms. The van der Waals surface area contributed by atoms with E-state index < -0.39 is 6.10 Å². The quantitative estimate of drug-likeness (QED) is 0.893. The lowest BCUT2D eigenvalue weighted by molar-refractivity contribution is -0.138. The van der Waals surface area contributed by atoms with Gasteiger partial charge in [0.15, 0.2) is 0 Å². The zero-order chi connectivity index (χ0) is 13.9. The third-order valence-corrected chi connectivity index (χ3v) is 2.97. The average molecular weight is 249 g/mol. The molecule has 0 fully saturated rings. The molecule has 1 amide bonds. The number of hydrogen-bond acceptors (Lipinski definition) is 2. The fraction of sp³-hybridized carbons (Fsp3) is 0.533. The SMILES string of the molecule is CC(O)C(=O)N(C)Cc1ccc(C(C)(C)C)cc1. The lowest BCUT2D eigenvalue weighted by atomic mass is 9.87. The standard InChI is InChI=1S/C15H23NO2/c1-11(17)14(18)16(5)10-12-6-8-13(9-7-12)15(2,3)4/h6-9,11,17H,10H2,1-5H3. The number of carbonyl (C=O) groups excluding carboxylic acids is 1. The van der Waals surface area contributed by atoms with Gasteiger partial charge in [0.2, 0.25) is 0 Å². The Kier molecular flexibility index (Phi) is 4.52. The van der Waals surface area contributed by atoms with Crippen LogP contribution in [0.4, 0.5) is 0 Å². The molecule has 0 aliphatic heterocycles. The van der Waals surface area contributed by atoms with Crippen LogP contribution in [-0.2, 0) is 16.8 Å². The van der Waals surface area contributed by atoms with Gasteiger partial charge in [-0.3, -0.25) is 4.79 Å². The van der Waals surface area contributed by atoms with Crippen molar-refractivity contribution in [2.24, 2.45) is 0 Å². The lowest BCUT2D eigenvalue weighted by Gasteiger charge is -2.21. The molecule has 18 heavy (non-hydrogen) atoms. The van der Waals surface area contributed by atoms with Gasteiger partial charge in [0, 0.05) is 13.6 Å². The number of carbonyl (C=O) groups is 1. The minimum atomic E-state index is -0.941. The third kappa shape index (κ3) is 3.84. The lowest BCUT2D eigenvalue weighted by Crippen LogP contribution is -2.34. The fourth-order valence-corrected chi connectivity index (χ4v) is 1.78. The van der Waals surface area contributed by atoms with E-state index in [1.54, 1.807) is 7.05 Å². The largest absolute Gasteiger partial charge is 0.384 e. The first-order valence-electron chi connectivity index (χ1n) is 6.24. The molecule has 3 heteroatoms. The van der Waals surface area contributed by atoms with Crippen LogP contribution in [0.25, 0.3) is 0 Å². The smallest absolute Gasteiger partial charge is 0.251 e. The summed E-state index contributed by atoms with van der Waals surface area (Å²) >= 11 is 0. The second-order valence-electron chi connectivity index (χ2n) is 5.82. The van der Waals surface area contributed by atoms with Gasteiger partial charge >= 0.3 is 0 Å². The van der Waals surface area contributed by atoms with Crippen LogP contribution in [0.3, 0.4) is 0 Å². The van der Waals surface area contributed by atoms with Gasteiger partial charge in [-0.25, -0.2) is 0 Å². The average Bonchev–Trinajstić information content (AvgIpc) is 2.27. The first-order chi connectivity index (χ1) is 8.21. The van der Waals surface area contributed by atoms with E-state index in [-0.39, 0.29) is 11.3 Å². The topological polar surface area (TPSA) is 40.5 Å². The van der Waals surface area contributed by atoms with Crippen LogP contribution in [0.5, 0.6) is 0 Å². The van der Waals surface area contributed by atoms with Crippen molar-refractivity contribution in [3.63, 3.8) is 0 Å². The minimum Gasteiger partial charge on any atom is -0.384 e. The second kappa shape index (κ2) is 5.53. The third-order valence-electron chi connectivity index (χ3n) is 2.97. The fourth-order valence-electron chi connectivity index (χ4n) is 1.78. The first-order valence-corrected chi connectivity index (χ1v) is 6.24. The molecular weight excluding hydrogens is 226 g/mol. The molecule has 0 radical (unpaired) electrons. The highest BCUT2D eigenvalue weighted by Gasteiger charge is 2.16. The predicted molar refractivity (Wildman–Crippen MR) is 73.3 cm³/mol. The van der Waals surface area contributed by atoms with Gasteiger partial charge in [-0.2, -0.15) is 0 Å². The second-order valence-corrected chi connectivity index (χ2v) is 5.82. The number of rotatable bonds is 3. The summed E-state index contributed by atoms with van der Waals surface area (Å²) in [4.78, 5) is 13.1. The summed E-state index contributed by atoms with van der Waals surface area (Å²) in [6, 6.07) is 8.25. The molecule has 1 aromatic rings. The van der Waals surface area contributed by atoms with Crippen LogP contribution < -0.4 is 0 Å². The van der Waals surface area contributed by atoms with E-state index >= 15 is 0 Å². The van der Waals surface area contributed by atoms with Crippen molar-refractivity contribution in [3.8, 4) is 0 Å². The molecule has 100 valence electrons. The Labute approximate surface area is 109 Å². The normalized spacial score (nSPS) is 13.2. The Morgan fingerprint density at radius 3 is 2.17 bits per heavy atom. The summed E-state index contributed by atoms with van der Waals surface area (Å²) < 4.78 is 0. The maximum Gasteiger partial charge on any atom is 0.251 e. The van der Waals surface area contributed by atoms with E-state index in [0.29, 0.717) is 6.54 Å². The van der Waals surface area contributed by atoms with Crippen molar-refractivity contribution in [2.45, 2.75) is 45.8 Å². The van der Waals surface area contributed by atoms with Crippen molar-refractivity contribution in [3.05, 3.63) is 35.4 Å². The maximum absolute atomic E-state index is 11.5. The minimum absolute atomic E-state index is 0.139. The Morgan fingerprint density at radius 2 is 1.78 bits per heavy atom. The first kappa shape index (κ1) is 14.7. The number of hydrogen-bond donors (Lipinski definition) is 1. The van der Waals surface area contributed by atoms with Crippen molar-refractivity contribution < 1.29 is 9.90 Å². The number of amides is 1. The van der Waals surface area contributed by atoms with Gasteiger partial charge in [-0.05, 0) is 23.5 Å². The van der Waals surface area contributed by atoms with Gasteiger partial charge in [0.1, 0.15) is 6.10 Å². The van der Waals surface area contributed by atoms with Crippen LogP contribution in [0, 0.1) is 0 Å². The molecular formula is C15H23NO2. The summed E-state index contributed by atoms with van der Waals surface area (Å²) in [6.45, 7) is 8.52. The van der Waals surface area contributed by atoms with Gasteiger partial charge in [0.25, 0.3) is 5.91 Å². The molecule has 1 N–H and O–H groups in total. The zero-order valence-electron chi connectivity index (χ0n) is 11.9. The van der Waals surface area contributed by atoms with E-state index in [0.717, 1.165) is 5.56 Å². The molecule has 3 nitrogen and oxygen atoms in total. The Hall–Kier alpha value is -1.35. The Bertz CT molecular complexity index is 401. The summed E-state index contributed by atoms with van der Waals surface area (Å²) in [5, 5.41) is 9.23. The van der Waals surface area contributed by atoms with E-state index in [9.17, 15) is 9.90 Å². The summed E-state index contributed by atoms with van der Waals surface area (Å²) in [6.07, 6.45) is -0.941. The van der Waals surface area contributed by atoms with Crippen LogP contribution in [0.1, 0.15) is 38.8 Å². The van der Waals surface area contributed by atoms with Crippen LogP contribution in [0.2, 0.25) is 0 Å². The summed E-state index contributed by atoms with van der Waals surface area (Å²) in [7, 11) is 1.70. The van der Waals surface area contributed by atoms with Crippen molar-refractivity contribution >= 4 is 5.91 Å². The number of likely N-dealkylation sites (N-methyl/N-ethyl adjacent to an activating group) is 1. The van der Waals surface area contributed by atoms with Crippen LogP contribution in [-0.4, -0.2) is 29.1 Å². The van der Waals surface area contributed by atoms with E-state index in [4.69, 9.17) is 0 Å². The number of aliphatic hydroxyl groups is 1. The number of benzene rings is 1. The van der Waals surface area contributed by atoms with Crippen LogP contribution in [0.15, 0.2) is 24.3 Å². The predicted octanol–water partition coefficient (Wildman–Crippen LogP) is 2.32.